The van der Waals surface area contributed by atoms with E-state index in [1.54, 1.807) is 19.1 Å². The van der Waals surface area contributed by atoms with E-state index in [2.05, 4.69) is 5.43 Å². The number of amides is 1. The van der Waals surface area contributed by atoms with E-state index < -0.39 is 27.9 Å². The summed E-state index contributed by atoms with van der Waals surface area (Å²) >= 11 is 0. The molecule has 0 bridgehead atoms. The zero-order chi connectivity index (χ0) is 30.3. The Balaban J connectivity index is 1.97. The summed E-state index contributed by atoms with van der Waals surface area (Å²) in [5.41, 5.74) is 5.43. The van der Waals surface area contributed by atoms with Crippen molar-refractivity contribution in [2.75, 3.05) is 19.8 Å². The minimum Gasteiger partial charge on any atom is -0.463 e. The van der Waals surface area contributed by atoms with E-state index in [1.807, 2.05) is 44.3 Å². The molecular formula is C30H40FN3O6S. The zero-order valence-corrected chi connectivity index (χ0v) is 25.3. The van der Waals surface area contributed by atoms with E-state index in [4.69, 9.17) is 9.47 Å². The number of allylic oxidation sites excluding steroid dienone is 1. The standard InChI is InChI=1S/C30H40FN3O6S/c1-7-15-34-25(27(29(35)39-8-2)28(32-34)20(5)6)17-21-13-14-22(24(31)16-21)23-11-9-10-12-26(23)41(37,38)33-30(36)40-18-19(3)4/h9-14,16,19-20,28,32H,7-8,15,17-18H2,1-6H3,(H,33,36). The van der Waals surface area contributed by atoms with Gasteiger partial charge in [-0.05, 0) is 42.9 Å². The van der Waals surface area contributed by atoms with Crippen LogP contribution >= 0.6 is 0 Å². The van der Waals surface area contributed by atoms with Crippen molar-refractivity contribution in [1.29, 1.82) is 0 Å². The highest BCUT2D eigenvalue weighted by molar-refractivity contribution is 7.90. The van der Waals surface area contributed by atoms with Crippen LogP contribution in [-0.2, 0) is 30.7 Å². The Labute approximate surface area is 242 Å². The van der Waals surface area contributed by atoms with Gasteiger partial charge in [0.15, 0.2) is 0 Å². The highest BCUT2D eigenvalue weighted by Gasteiger charge is 2.37. The highest BCUT2D eigenvalue weighted by atomic mass is 32.2. The summed E-state index contributed by atoms with van der Waals surface area (Å²) in [6.45, 7) is 12.4. The molecule has 2 aromatic rings. The monoisotopic (exact) mass is 589 g/mol. The summed E-state index contributed by atoms with van der Waals surface area (Å²) in [6, 6.07) is 10.2. The Morgan fingerprint density at radius 3 is 2.37 bits per heavy atom. The van der Waals surface area contributed by atoms with Crippen molar-refractivity contribution < 1.29 is 31.9 Å². The third kappa shape index (κ3) is 7.85. The van der Waals surface area contributed by atoms with Crippen LogP contribution in [-0.4, -0.2) is 51.3 Å². The van der Waals surface area contributed by atoms with Crippen LogP contribution in [0.4, 0.5) is 9.18 Å². The first-order chi connectivity index (χ1) is 19.4. The summed E-state index contributed by atoms with van der Waals surface area (Å²) in [5.74, 6) is -0.903. The molecule has 9 nitrogen and oxygen atoms in total. The number of nitrogens with one attached hydrogen (secondary N) is 2. The van der Waals surface area contributed by atoms with Crippen molar-refractivity contribution in [2.24, 2.45) is 11.8 Å². The van der Waals surface area contributed by atoms with Crippen molar-refractivity contribution in [3.63, 3.8) is 0 Å². The summed E-state index contributed by atoms with van der Waals surface area (Å²) in [5, 5.41) is 1.94. The number of carbonyl (C=O) groups excluding carboxylic acids is 2. The minimum atomic E-state index is -4.35. The number of ether oxygens (including phenoxy) is 2. The number of halogens is 1. The summed E-state index contributed by atoms with van der Waals surface area (Å²) in [4.78, 5) is 24.8. The third-order valence-corrected chi connectivity index (χ3v) is 7.86. The lowest BCUT2D eigenvalue weighted by molar-refractivity contribution is -0.139. The summed E-state index contributed by atoms with van der Waals surface area (Å²) in [6.07, 6.45) is -0.00344. The normalized spacial score (nSPS) is 15.5. The fraction of sp³-hybridized carbons (Fsp3) is 0.467. The van der Waals surface area contributed by atoms with Gasteiger partial charge >= 0.3 is 12.1 Å². The average molecular weight is 590 g/mol. The lowest BCUT2D eigenvalue weighted by Crippen LogP contribution is -2.41. The van der Waals surface area contributed by atoms with Crippen LogP contribution in [0, 0.1) is 17.7 Å². The number of hydrogen-bond acceptors (Lipinski definition) is 8. The molecule has 3 rings (SSSR count). The molecule has 0 spiro atoms. The van der Waals surface area contributed by atoms with E-state index in [9.17, 15) is 18.0 Å². The molecule has 2 N–H and O–H groups in total. The quantitative estimate of drug-likeness (QED) is 0.326. The molecule has 1 unspecified atom stereocenters. The molecule has 41 heavy (non-hydrogen) atoms. The molecule has 1 atom stereocenters. The number of sulfonamides is 1. The number of carbonyl (C=O) groups is 2. The van der Waals surface area contributed by atoms with Crippen molar-refractivity contribution in [3.05, 3.63) is 65.1 Å². The lowest BCUT2D eigenvalue weighted by atomic mass is 9.94. The van der Waals surface area contributed by atoms with Crippen molar-refractivity contribution in [3.8, 4) is 11.1 Å². The Bertz CT molecular complexity index is 1390. The van der Waals surface area contributed by atoms with Crippen molar-refractivity contribution in [1.82, 2.24) is 15.2 Å². The second kappa shape index (κ2) is 14.0. The number of hydrazine groups is 1. The molecule has 0 fully saturated rings. The highest BCUT2D eigenvalue weighted by Crippen LogP contribution is 2.33. The number of benzene rings is 2. The van der Waals surface area contributed by atoms with Gasteiger partial charge in [-0.1, -0.05) is 65.0 Å². The Morgan fingerprint density at radius 1 is 1.05 bits per heavy atom. The first kappa shape index (κ1) is 32.1. The second-order valence-corrected chi connectivity index (χ2v) is 12.3. The maximum atomic E-state index is 15.6. The minimum absolute atomic E-state index is 0.0257. The van der Waals surface area contributed by atoms with Gasteiger partial charge in [-0.2, -0.15) is 0 Å². The van der Waals surface area contributed by atoms with Gasteiger partial charge in [0, 0.05) is 29.8 Å². The molecule has 224 valence electrons. The Morgan fingerprint density at radius 2 is 1.76 bits per heavy atom. The SMILES string of the molecule is CCCN1NC(C(C)C)C(C(=O)OCC)=C1Cc1ccc(-c2ccccc2S(=O)(=O)NC(=O)OCC(C)C)c(F)c1. The Hall–Kier alpha value is -3.44. The van der Waals surface area contributed by atoms with Crippen LogP contribution in [0.3, 0.4) is 0 Å². The smallest absolute Gasteiger partial charge is 0.421 e. The van der Waals surface area contributed by atoms with Crippen LogP contribution in [0.2, 0.25) is 0 Å². The second-order valence-electron chi connectivity index (χ2n) is 10.7. The van der Waals surface area contributed by atoms with Crippen molar-refractivity contribution in [2.45, 2.75) is 65.3 Å². The molecule has 11 heteroatoms. The molecule has 1 amide bonds. The molecule has 2 aromatic carbocycles. The molecule has 0 aliphatic carbocycles. The summed E-state index contributed by atoms with van der Waals surface area (Å²) < 4.78 is 53.9. The first-order valence-corrected chi connectivity index (χ1v) is 15.4. The third-order valence-electron chi connectivity index (χ3n) is 6.49. The molecule has 1 heterocycles. The van der Waals surface area contributed by atoms with Crippen LogP contribution in [0.5, 0.6) is 0 Å². The van der Waals surface area contributed by atoms with Crippen LogP contribution in [0.1, 0.15) is 53.5 Å². The summed E-state index contributed by atoms with van der Waals surface area (Å²) in [7, 11) is -4.35. The molecule has 1 aliphatic rings. The van der Waals surface area contributed by atoms with Gasteiger partial charge in [-0.25, -0.2) is 32.5 Å². The maximum Gasteiger partial charge on any atom is 0.421 e. The van der Waals surface area contributed by atoms with Gasteiger partial charge in [0.2, 0.25) is 0 Å². The van der Waals surface area contributed by atoms with Gasteiger partial charge in [-0.15, -0.1) is 0 Å². The maximum absolute atomic E-state index is 15.6. The van der Waals surface area contributed by atoms with Gasteiger partial charge < -0.3 is 14.5 Å². The first-order valence-electron chi connectivity index (χ1n) is 13.9. The largest absolute Gasteiger partial charge is 0.463 e. The van der Waals surface area contributed by atoms with Gasteiger partial charge in [0.25, 0.3) is 10.0 Å². The molecular weight excluding hydrogens is 549 g/mol. The number of rotatable bonds is 12. The van der Waals surface area contributed by atoms with E-state index in [1.165, 1.54) is 30.3 Å². The van der Waals surface area contributed by atoms with Gasteiger partial charge in [0.05, 0.1) is 29.7 Å². The number of esters is 1. The predicted molar refractivity (Wildman–Crippen MR) is 154 cm³/mol. The molecule has 0 radical (unpaired) electrons. The van der Waals surface area contributed by atoms with Crippen LogP contribution < -0.4 is 10.1 Å². The van der Waals surface area contributed by atoms with Crippen LogP contribution in [0.25, 0.3) is 11.1 Å². The number of nitrogens with zero attached hydrogens (tertiary/aromatic N) is 1. The topological polar surface area (TPSA) is 114 Å². The van der Waals surface area contributed by atoms with Crippen LogP contribution in [0.15, 0.2) is 58.6 Å². The van der Waals surface area contributed by atoms with Gasteiger partial charge in [0.1, 0.15) is 5.82 Å². The zero-order valence-electron chi connectivity index (χ0n) is 24.5. The molecule has 1 aliphatic heterocycles. The van der Waals surface area contributed by atoms with E-state index >= 15 is 4.39 Å². The fourth-order valence-electron chi connectivity index (χ4n) is 4.63. The average Bonchev–Trinajstić information content (AvgIpc) is 3.26. The number of hydrogen-bond donors (Lipinski definition) is 2. The molecule has 0 aromatic heterocycles. The molecule has 0 saturated carbocycles. The lowest BCUT2D eigenvalue weighted by Gasteiger charge is -2.24. The van der Waals surface area contributed by atoms with E-state index in [0.717, 1.165) is 12.1 Å². The van der Waals surface area contributed by atoms with E-state index in [0.29, 0.717) is 17.7 Å². The van der Waals surface area contributed by atoms with Gasteiger partial charge in [-0.3, -0.25) is 0 Å². The fourth-order valence-corrected chi connectivity index (χ4v) is 5.74. The molecule has 0 saturated heterocycles. The van der Waals surface area contributed by atoms with Crippen molar-refractivity contribution >= 4 is 22.1 Å². The van der Waals surface area contributed by atoms with E-state index in [-0.39, 0.29) is 53.5 Å². The Kier molecular flexibility index (Phi) is 10.9. The predicted octanol–water partition coefficient (Wildman–Crippen LogP) is 5.18.